The molecule has 0 unspecified atom stereocenters. The van der Waals surface area contributed by atoms with E-state index in [-0.39, 0.29) is 5.82 Å². The molecule has 0 fully saturated rings. The van der Waals surface area contributed by atoms with Crippen LogP contribution in [-0.4, -0.2) is 0 Å². The minimum Gasteiger partial charge on any atom is -0.381 e. The van der Waals surface area contributed by atoms with Gasteiger partial charge in [-0.15, -0.1) is 0 Å². The fourth-order valence-corrected chi connectivity index (χ4v) is 2.30. The lowest BCUT2D eigenvalue weighted by molar-refractivity contribution is 0.621. The Morgan fingerprint density at radius 3 is 2.39 bits per heavy atom. The Bertz CT molecular complexity index is 546. The third-order valence-corrected chi connectivity index (χ3v) is 3.64. The van der Waals surface area contributed by atoms with Crippen molar-refractivity contribution < 1.29 is 4.39 Å². The van der Waals surface area contributed by atoms with Crippen LogP contribution < -0.4 is 5.32 Å². The molecule has 0 aromatic heterocycles. The van der Waals surface area contributed by atoms with Gasteiger partial charge in [-0.3, -0.25) is 0 Å². The maximum absolute atomic E-state index is 13.1. The Kier molecular flexibility index (Phi) is 4.02. The maximum Gasteiger partial charge on any atom is 0.137 e. The second kappa shape index (κ2) is 5.53. The molecule has 0 spiro atoms. The molecule has 1 nitrogen and oxygen atoms in total. The smallest absolute Gasteiger partial charge is 0.137 e. The number of anilines is 1. The van der Waals surface area contributed by atoms with Crippen LogP contribution in [0.5, 0.6) is 0 Å². The molecule has 0 radical (unpaired) electrons. The molecule has 1 N–H and O–H groups in total. The average Bonchev–Trinajstić information content (AvgIpc) is 2.33. The van der Waals surface area contributed by atoms with Gasteiger partial charge in [0.15, 0.2) is 0 Å². The molecule has 2 rings (SSSR count). The van der Waals surface area contributed by atoms with Crippen LogP contribution in [0.25, 0.3) is 0 Å². The van der Waals surface area contributed by atoms with Gasteiger partial charge in [0.25, 0.3) is 0 Å². The van der Waals surface area contributed by atoms with Crippen LogP contribution in [-0.2, 0) is 6.54 Å². The fourth-order valence-electron chi connectivity index (χ4n) is 1.92. The van der Waals surface area contributed by atoms with Crippen molar-refractivity contribution in [1.82, 2.24) is 0 Å². The zero-order chi connectivity index (χ0) is 13.1. The lowest BCUT2D eigenvalue weighted by Crippen LogP contribution is -2.03. The molecule has 0 atom stereocenters. The van der Waals surface area contributed by atoms with Crippen molar-refractivity contribution in [2.24, 2.45) is 0 Å². The first-order valence-corrected chi connectivity index (χ1v) is 6.61. The molecule has 0 amide bonds. The summed E-state index contributed by atoms with van der Waals surface area (Å²) >= 11 is 3.19. The van der Waals surface area contributed by atoms with E-state index in [1.165, 1.54) is 22.8 Å². The van der Waals surface area contributed by atoms with Crippen LogP contribution in [0.3, 0.4) is 0 Å². The summed E-state index contributed by atoms with van der Waals surface area (Å²) in [5.41, 5.74) is 4.73. The average molecular weight is 308 g/mol. The van der Waals surface area contributed by atoms with Crippen molar-refractivity contribution in [1.29, 1.82) is 0 Å². The highest BCUT2D eigenvalue weighted by Gasteiger charge is 2.03. The minimum atomic E-state index is -0.243. The molecule has 2 aromatic rings. The van der Waals surface area contributed by atoms with Gasteiger partial charge in [0, 0.05) is 12.2 Å². The van der Waals surface area contributed by atoms with E-state index in [9.17, 15) is 4.39 Å². The van der Waals surface area contributed by atoms with Gasteiger partial charge in [0.1, 0.15) is 5.82 Å². The molecule has 0 heterocycles. The topological polar surface area (TPSA) is 12.0 Å². The molecular formula is C15H15BrFN. The van der Waals surface area contributed by atoms with Gasteiger partial charge >= 0.3 is 0 Å². The summed E-state index contributed by atoms with van der Waals surface area (Å²) in [6.07, 6.45) is 0. The first-order chi connectivity index (χ1) is 8.58. The monoisotopic (exact) mass is 307 g/mol. The van der Waals surface area contributed by atoms with E-state index in [1.54, 1.807) is 12.1 Å². The SMILES string of the molecule is Cc1cccc(C)c1CNc1ccc(F)c(Br)c1. The Morgan fingerprint density at radius 1 is 1.11 bits per heavy atom. The first kappa shape index (κ1) is 13.1. The van der Waals surface area contributed by atoms with E-state index in [4.69, 9.17) is 0 Å². The van der Waals surface area contributed by atoms with Gasteiger partial charge in [-0.1, -0.05) is 18.2 Å². The lowest BCUT2D eigenvalue weighted by Gasteiger charge is -2.12. The number of rotatable bonds is 3. The molecule has 0 aliphatic heterocycles. The molecule has 0 saturated heterocycles. The maximum atomic E-state index is 13.1. The van der Waals surface area contributed by atoms with Crippen LogP contribution in [0, 0.1) is 19.7 Å². The van der Waals surface area contributed by atoms with Crippen molar-refractivity contribution in [3.8, 4) is 0 Å². The van der Waals surface area contributed by atoms with E-state index < -0.39 is 0 Å². The summed E-state index contributed by atoms with van der Waals surface area (Å²) < 4.78 is 13.6. The molecule has 0 aliphatic rings. The van der Waals surface area contributed by atoms with Crippen molar-refractivity contribution in [3.05, 3.63) is 63.4 Å². The first-order valence-electron chi connectivity index (χ1n) is 5.82. The van der Waals surface area contributed by atoms with Crippen molar-refractivity contribution in [2.75, 3.05) is 5.32 Å². The van der Waals surface area contributed by atoms with Gasteiger partial charge in [0.2, 0.25) is 0 Å². The normalized spacial score (nSPS) is 10.4. The number of nitrogens with one attached hydrogen (secondary N) is 1. The lowest BCUT2D eigenvalue weighted by atomic mass is 10.0. The quantitative estimate of drug-likeness (QED) is 0.857. The van der Waals surface area contributed by atoms with Gasteiger partial charge < -0.3 is 5.32 Å². The molecule has 18 heavy (non-hydrogen) atoms. The molecule has 3 heteroatoms. The number of hydrogen-bond acceptors (Lipinski definition) is 1. The second-order valence-corrected chi connectivity index (χ2v) is 5.21. The van der Waals surface area contributed by atoms with Crippen molar-refractivity contribution in [3.63, 3.8) is 0 Å². The van der Waals surface area contributed by atoms with Gasteiger partial charge in [-0.2, -0.15) is 0 Å². The van der Waals surface area contributed by atoms with E-state index >= 15 is 0 Å². The Hall–Kier alpha value is -1.35. The summed E-state index contributed by atoms with van der Waals surface area (Å²) in [6.45, 7) is 4.95. The van der Waals surface area contributed by atoms with Crippen LogP contribution >= 0.6 is 15.9 Å². The molecule has 0 aliphatic carbocycles. The largest absolute Gasteiger partial charge is 0.381 e. The molecule has 2 aromatic carbocycles. The summed E-state index contributed by atoms with van der Waals surface area (Å²) in [5.74, 6) is -0.243. The fraction of sp³-hybridized carbons (Fsp3) is 0.200. The number of aryl methyl sites for hydroxylation is 2. The van der Waals surface area contributed by atoms with Crippen molar-refractivity contribution in [2.45, 2.75) is 20.4 Å². The highest BCUT2D eigenvalue weighted by atomic mass is 79.9. The molecular weight excluding hydrogens is 293 g/mol. The zero-order valence-electron chi connectivity index (χ0n) is 10.4. The number of benzene rings is 2. The summed E-state index contributed by atoms with van der Waals surface area (Å²) in [4.78, 5) is 0. The highest BCUT2D eigenvalue weighted by Crippen LogP contribution is 2.21. The van der Waals surface area contributed by atoms with E-state index in [2.05, 4.69) is 53.3 Å². The van der Waals surface area contributed by atoms with Gasteiger partial charge in [0.05, 0.1) is 4.47 Å². The second-order valence-electron chi connectivity index (χ2n) is 4.35. The number of hydrogen-bond donors (Lipinski definition) is 1. The van der Waals surface area contributed by atoms with E-state index in [0.717, 1.165) is 12.2 Å². The summed E-state index contributed by atoms with van der Waals surface area (Å²) in [5, 5.41) is 3.31. The molecule has 94 valence electrons. The standard InChI is InChI=1S/C15H15BrFN/c1-10-4-3-5-11(2)13(10)9-18-12-6-7-15(17)14(16)8-12/h3-8,18H,9H2,1-2H3. The van der Waals surface area contributed by atoms with Crippen molar-refractivity contribution >= 4 is 21.6 Å². The predicted octanol–water partition coefficient (Wildman–Crippen LogP) is 4.82. The predicted molar refractivity (Wildman–Crippen MR) is 77.3 cm³/mol. The van der Waals surface area contributed by atoms with E-state index in [0.29, 0.717) is 4.47 Å². The van der Waals surface area contributed by atoms with Crippen LogP contribution in [0.1, 0.15) is 16.7 Å². The third kappa shape index (κ3) is 2.91. The van der Waals surface area contributed by atoms with E-state index in [1.807, 2.05) is 0 Å². The van der Waals surface area contributed by atoms with Crippen LogP contribution in [0.2, 0.25) is 0 Å². The zero-order valence-corrected chi connectivity index (χ0v) is 12.0. The Labute approximate surface area is 115 Å². The highest BCUT2D eigenvalue weighted by molar-refractivity contribution is 9.10. The summed E-state index contributed by atoms with van der Waals surface area (Å²) in [7, 11) is 0. The Morgan fingerprint density at radius 2 is 1.78 bits per heavy atom. The van der Waals surface area contributed by atoms with Crippen LogP contribution in [0.15, 0.2) is 40.9 Å². The molecule has 0 bridgehead atoms. The summed E-state index contributed by atoms with van der Waals surface area (Å²) in [6, 6.07) is 11.2. The van der Waals surface area contributed by atoms with Gasteiger partial charge in [-0.05, 0) is 64.7 Å². The Balaban J connectivity index is 2.14. The minimum absolute atomic E-state index is 0.243. The van der Waals surface area contributed by atoms with Crippen LogP contribution in [0.4, 0.5) is 10.1 Å². The van der Waals surface area contributed by atoms with Gasteiger partial charge in [-0.25, -0.2) is 4.39 Å². The number of halogens is 2. The molecule has 0 saturated carbocycles. The third-order valence-electron chi connectivity index (χ3n) is 3.03.